The van der Waals surface area contributed by atoms with Crippen molar-refractivity contribution in [3.63, 3.8) is 0 Å². The van der Waals surface area contributed by atoms with Gasteiger partial charge in [0.1, 0.15) is 5.78 Å². The summed E-state index contributed by atoms with van der Waals surface area (Å²) < 4.78 is 56.8. The Morgan fingerprint density at radius 3 is 2.44 bits per heavy atom. The first-order valence-electron chi connectivity index (χ1n) is 11.7. The first-order valence-corrected chi connectivity index (χ1v) is 14.7. The topological polar surface area (TPSA) is 101 Å². The number of hydrogen-bond donors (Lipinski definition) is 1. The number of Topliss-reactive ketones (excluding diaryl/α,β-unsaturated/α-hetero) is 1. The highest BCUT2D eigenvalue weighted by Crippen LogP contribution is 2.64. The number of fused-ring (bicyclic) bond motifs is 3. The molecule has 32 heavy (non-hydrogen) atoms. The molecule has 176 valence electrons. The molecule has 2 atom stereocenters. The van der Waals surface area contributed by atoms with Crippen molar-refractivity contribution in [1.82, 2.24) is 4.72 Å². The maximum atomic E-state index is 13.5. The quantitative estimate of drug-likeness (QED) is 0.675. The molecule has 3 saturated carbocycles. The Hall–Kier alpha value is -1.45. The lowest BCUT2D eigenvalue weighted by atomic mass is 9.70. The fourth-order valence-corrected chi connectivity index (χ4v) is 10.3. The van der Waals surface area contributed by atoms with Crippen molar-refractivity contribution in [1.29, 1.82) is 0 Å². The molecule has 0 amide bonds. The maximum Gasteiger partial charge on any atom is 0.240 e. The van der Waals surface area contributed by atoms with Crippen LogP contribution in [0.3, 0.4) is 0 Å². The van der Waals surface area contributed by atoms with E-state index >= 15 is 0 Å². The van der Waals surface area contributed by atoms with Gasteiger partial charge >= 0.3 is 0 Å². The van der Waals surface area contributed by atoms with Crippen LogP contribution in [-0.4, -0.2) is 41.0 Å². The van der Waals surface area contributed by atoms with E-state index in [9.17, 15) is 21.6 Å². The molecule has 1 aromatic carbocycles. The number of nitrogens with zero attached hydrogens (tertiary/aromatic N) is 1. The molecular formula is C23H32N2O5S2. The fourth-order valence-electron chi connectivity index (χ4n) is 6.63. The summed E-state index contributed by atoms with van der Waals surface area (Å²) >= 11 is 0. The summed E-state index contributed by atoms with van der Waals surface area (Å²) in [7, 11) is -7.35. The van der Waals surface area contributed by atoms with Crippen LogP contribution in [0, 0.1) is 16.7 Å². The van der Waals surface area contributed by atoms with Gasteiger partial charge in [-0.05, 0) is 67.2 Å². The van der Waals surface area contributed by atoms with Gasteiger partial charge in [0.2, 0.25) is 20.0 Å². The zero-order valence-electron chi connectivity index (χ0n) is 18.8. The van der Waals surface area contributed by atoms with Crippen molar-refractivity contribution in [2.24, 2.45) is 16.7 Å². The van der Waals surface area contributed by atoms with Crippen molar-refractivity contribution < 1.29 is 21.6 Å². The lowest BCUT2D eigenvalue weighted by Crippen LogP contribution is -2.46. The number of carbonyl (C=O) groups excluding carboxylic acids is 1. The number of sulfonamides is 2. The molecule has 1 N–H and O–H groups in total. The summed E-state index contributed by atoms with van der Waals surface area (Å²) in [6, 6.07) is 4.70. The zero-order chi connectivity index (χ0) is 22.9. The van der Waals surface area contributed by atoms with E-state index in [1.165, 1.54) is 10.4 Å². The van der Waals surface area contributed by atoms with E-state index in [1.54, 1.807) is 12.1 Å². The number of hydrogen-bond acceptors (Lipinski definition) is 5. The highest BCUT2D eigenvalue weighted by Gasteiger charge is 2.65. The van der Waals surface area contributed by atoms with Crippen LogP contribution in [0.25, 0.3) is 0 Å². The van der Waals surface area contributed by atoms with Crippen LogP contribution in [0.4, 0.5) is 5.69 Å². The lowest BCUT2D eigenvalue weighted by Gasteiger charge is -2.37. The van der Waals surface area contributed by atoms with Crippen LogP contribution >= 0.6 is 0 Å². The van der Waals surface area contributed by atoms with Crippen LogP contribution in [-0.2, 0) is 31.3 Å². The monoisotopic (exact) mass is 480 g/mol. The average molecular weight is 481 g/mol. The second-order valence-electron chi connectivity index (χ2n) is 10.6. The maximum absolute atomic E-state index is 13.5. The molecule has 1 aliphatic heterocycles. The molecule has 1 aromatic rings. The predicted octanol–water partition coefficient (Wildman–Crippen LogP) is 3.00. The Morgan fingerprint density at radius 1 is 1.09 bits per heavy atom. The molecule has 3 fully saturated rings. The Kier molecular flexibility index (Phi) is 5.08. The minimum atomic E-state index is -3.72. The van der Waals surface area contributed by atoms with Crippen LogP contribution in [0.2, 0.25) is 0 Å². The predicted molar refractivity (Wildman–Crippen MR) is 122 cm³/mol. The van der Waals surface area contributed by atoms with Crippen LogP contribution in [0.1, 0.15) is 64.4 Å². The molecule has 0 aromatic heterocycles. The average Bonchev–Trinajstić information content (AvgIpc) is 3.45. The summed E-state index contributed by atoms with van der Waals surface area (Å²) in [6.07, 6.45) is 6.26. The zero-order valence-corrected chi connectivity index (χ0v) is 20.4. The van der Waals surface area contributed by atoms with Crippen LogP contribution in [0.5, 0.6) is 0 Å². The van der Waals surface area contributed by atoms with E-state index in [0.717, 1.165) is 37.7 Å². The summed E-state index contributed by atoms with van der Waals surface area (Å²) in [4.78, 5) is 13.0. The lowest BCUT2D eigenvalue weighted by molar-refractivity contribution is -0.128. The second kappa shape index (κ2) is 7.27. The fraction of sp³-hybridized carbons (Fsp3) is 0.696. The van der Waals surface area contributed by atoms with Gasteiger partial charge in [-0.3, -0.25) is 9.10 Å². The van der Waals surface area contributed by atoms with Gasteiger partial charge in [-0.15, -0.1) is 0 Å². The van der Waals surface area contributed by atoms with Gasteiger partial charge < -0.3 is 0 Å². The minimum absolute atomic E-state index is 0.0214. The molecule has 0 saturated heterocycles. The first-order chi connectivity index (χ1) is 15.0. The third-order valence-corrected chi connectivity index (χ3v) is 12.2. The largest absolute Gasteiger partial charge is 0.299 e. The van der Waals surface area contributed by atoms with E-state index in [1.807, 2.05) is 13.8 Å². The first kappa shape index (κ1) is 22.3. The third-order valence-electron chi connectivity index (χ3n) is 8.79. The number of carbonyl (C=O) groups is 1. The van der Waals surface area contributed by atoms with Crippen molar-refractivity contribution in [2.45, 2.75) is 76.2 Å². The molecule has 9 heteroatoms. The number of rotatable bonds is 6. The summed E-state index contributed by atoms with van der Waals surface area (Å²) in [5.74, 6) is 0.183. The number of anilines is 1. The summed E-state index contributed by atoms with van der Waals surface area (Å²) in [6.45, 7) is 4.36. The van der Waals surface area contributed by atoms with Crippen molar-refractivity contribution >= 4 is 31.5 Å². The highest BCUT2D eigenvalue weighted by atomic mass is 32.2. The highest BCUT2D eigenvalue weighted by molar-refractivity contribution is 7.92. The van der Waals surface area contributed by atoms with E-state index in [2.05, 4.69) is 4.72 Å². The Morgan fingerprint density at radius 2 is 1.81 bits per heavy atom. The molecule has 0 spiro atoms. The molecule has 2 unspecified atom stereocenters. The summed E-state index contributed by atoms with van der Waals surface area (Å²) in [5.41, 5.74) is 0.137. The molecule has 0 radical (unpaired) electrons. The van der Waals surface area contributed by atoms with E-state index in [-0.39, 0.29) is 40.4 Å². The van der Waals surface area contributed by atoms with Gasteiger partial charge in [0.05, 0.1) is 21.8 Å². The minimum Gasteiger partial charge on any atom is -0.299 e. The molecule has 2 bridgehead atoms. The van der Waals surface area contributed by atoms with Gasteiger partial charge in [0.15, 0.2) is 0 Å². The normalized spacial score (nSPS) is 29.8. The van der Waals surface area contributed by atoms with Crippen LogP contribution in [0.15, 0.2) is 23.1 Å². The molecule has 4 aliphatic rings. The van der Waals surface area contributed by atoms with Gasteiger partial charge in [-0.25, -0.2) is 21.6 Å². The molecule has 3 aliphatic carbocycles. The van der Waals surface area contributed by atoms with Crippen LogP contribution < -0.4 is 9.03 Å². The smallest absolute Gasteiger partial charge is 0.240 e. The molecule has 1 heterocycles. The molecular weight excluding hydrogens is 448 g/mol. The molecule has 7 nitrogen and oxygen atoms in total. The van der Waals surface area contributed by atoms with E-state index in [4.69, 9.17) is 0 Å². The Bertz CT molecular complexity index is 1170. The Balaban J connectivity index is 1.40. The van der Waals surface area contributed by atoms with Gasteiger partial charge in [-0.2, -0.15) is 0 Å². The van der Waals surface area contributed by atoms with Crippen molar-refractivity contribution in [3.8, 4) is 0 Å². The van der Waals surface area contributed by atoms with E-state index < -0.39 is 25.5 Å². The number of ketones is 1. The molecule has 5 rings (SSSR count). The number of benzene rings is 1. The Labute approximate surface area is 191 Å². The number of nitrogens with one attached hydrogen (secondary N) is 1. The van der Waals surface area contributed by atoms with Gasteiger partial charge in [0, 0.05) is 19.0 Å². The second-order valence-corrected chi connectivity index (χ2v) is 14.2. The summed E-state index contributed by atoms with van der Waals surface area (Å²) in [5, 5.41) is 0. The van der Waals surface area contributed by atoms with Gasteiger partial charge in [-0.1, -0.05) is 26.7 Å². The standard InChI is InChI=1S/C23H32N2O5S2/c1-22(2)17-9-11-23(22,21(26)14-17)15-31(27,28)25-12-10-16-13-19(7-8-20(16)25)32(29,30)24-18-5-3-4-6-18/h7-8,13,17-18,24H,3-6,9-12,14-15H2,1-2H3. The van der Waals surface area contributed by atoms with E-state index in [0.29, 0.717) is 24.9 Å². The third kappa shape index (κ3) is 3.26. The van der Waals surface area contributed by atoms with Crippen molar-refractivity contribution in [2.75, 3.05) is 16.6 Å². The van der Waals surface area contributed by atoms with Crippen molar-refractivity contribution in [3.05, 3.63) is 23.8 Å². The van der Waals surface area contributed by atoms with Gasteiger partial charge in [0.25, 0.3) is 0 Å². The SMILES string of the molecule is CC1(C)C2CCC1(CS(=O)(=O)N1CCc3cc(S(=O)(=O)NC4CCCC4)ccc31)C(=O)C2.